The van der Waals surface area contributed by atoms with Gasteiger partial charge in [-0.25, -0.2) is 0 Å². The molecule has 30 heavy (non-hydrogen) atoms. The molecule has 0 fully saturated rings. The number of hydrogen-bond acceptors (Lipinski definition) is 4. The van der Waals surface area contributed by atoms with Crippen molar-refractivity contribution in [3.8, 4) is 0 Å². The molecule has 0 saturated heterocycles. The van der Waals surface area contributed by atoms with Gasteiger partial charge in [-0.05, 0) is 29.8 Å². The summed E-state index contributed by atoms with van der Waals surface area (Å²) in [6.45, 7) is 2.32. The number of furan rings is 1. The van der Waals surface area contributed by atoms with Gasteiger partial charge in [-0.1, -0.05) is 30.3 Å². The van der Waals surface area contributed by atoms with Gasteiger partial charge in [0.25, 0.3) is 0 Å². The predicted octanol–water partition coefficient (Wildman–Crippen LogP) is 0.790. The molecular formula is C23H25N4O3+. The summed E-state index contributed by atoms with van der Waals surface area (Å²) in [5.41, 5.74) is 3.38. The third-order valence-electron chi connectivity index (χ3n) is 5.46. The quantitative estimate of drug-likeness (QED) is 0.529. The van der Waals surface area contributed by atoms with Gasteiger partial charge >= 0.3 is 11.8 Å². The summed E-state index contributed by atoms with van der Waals surface area (Å²) in [7, 11) is 0. The first-order valence-electron chi connectivity index (χ1n) is 10.1. The second-order valence-electron chi connectivity index (χ2n) is 7.39. The van der Waals surface area contributed by atoms with Crippen LogP contribution in [0.4, 0.5) is 0 Å². The second-order valence-corrected chi connectivity index (χ2v) is 7.39. The number of carbonyl (C=O) groups excluding carboxylic acids is 2. The number of pyridine rings is 1. The molecule has 0 aliphatic carbocycles. The molecule has 1 unspecified atom stereocenters. The smallest absolute Gasteiger partial charge is 0.309 e. The molecule has 0 bridgehead atoms. The summed E-state index contributed by atoms with van der Waals surface area (Å²) in [4.78, 5) is 29.9. The molecule has 2 amide bonds. The number of amides is 2. The lowest BCUT2D eigenvalue weighted by molar-refractivity contribution is -0.946. The van der Waals surface area contributed by atoms with Gasteiger partial charge < -0.3 is 20.0 Å². The summed E-state index contributed by atoms with van der Waals surface area (Å²) in [5, 5.41) is 5.38. The molecule has 1 aliphatic rings. The molecule has 7 heteroatoms. The molecule has 3 N–H and O–H groups in total. The lowest BCUT2D eigenvalue weighted by atomic mass is 9.98. The zero-order valence-corrected chi connectivity index (χ0v) is 16.6. The van der Waals surface area contributed by atoms with Crippen LogP contribution in [0.5, 0.6) is 0 Å². The standard InChI is InChI=1S/C23H24N4O3/c28-22(25-14-19-8-3-4-11-24-19)23(29)26-15-20(21-9-5-13-30-21)27-12-10-17-6-1-2-7-18(17)16-27/h1-9,11,13,20H,10,12,14-16H2,(H,25,28)(H,26,29)/p+1/t20-/m0/s1. The summed E-state index contributed by atoms with van der Waals surface area (Å²) in [6.07, 6.45) is 4.26. The molecule has 7 nitrogen and oxygen atoms in total. The van der Waals surface area contributed by atoms with E-state index in [9.17, 15) is 9.59 Å². The van der Waals surface area contributed by atoms with Crippen molar-refractivity contribution in [3.63, 3.8) is 0 Å². The highest BCUT2D eigenvalue weighted by Gasteiger charge is 2.31. The fraction of sp³-hybridized carbons (Fsp3) is 0.261. The Morgan fingerprint density at radius 1 is 1.00 bits per heavy atom. The Bertz CT molecular complexity index is 989. The van der Waals surface area contributed by atoms with Crippen molar-refractivity contribution in [2.24, 2.45) is 0 Å². The molecule has 2 aromatic heterocycles. The Hall–Kier alpha value is -3.45. The van der Waals surface area contributed by atoms with Crippen molar-refractivity contribution in [2.75, 3.05) is 13.1 Å². The van der Waals surface area contributed by atoms with Crippen molar-refractivity contribution in [1.29, 1.82) is 0 Å². The van der Waals surface area contributed by atoms with Crippen molar-refractivity contribution in [1.82, 2.24) is 15.6 Å². The van der Waals surface area contributed by atoms with E-state index in [4.69, 9.17) is 4.42 Å². The average molecular weight is 405 g/mol. The highest BCUT2D eigenvalue weighted by molar-refractivity contribution is 6.35. The first kappa shape index (κ1) is 19.8. The maximum absolute atomic E-state index is 12.3. The molecule has 1 aliphatic heterocycles. The summed E-state index contributed by atoms with van der Waals surface area (Å²) < 4.78 is 5.65. The number of nitrogens with zero attached hydrogens (tertiary/aromatic N) is 1. The zero-order chi connectivity index (χ0) is 20.8. The fourth-order valence-electron chi connectivity index (χ4n) is 3.86. The molecule has 0 spiro atoms. The largest absolute Gasteiger partial charge is 0.463 e. The van der Waals surface area contributed by atoms with Gasteiger partial charge in [0.15, 0.2) is 11.8 Å². The van der Waals surface area contributed by atoms with Gasteiger partial charge in [0.05, 0.1) is 31.6 Å². The Morgan fingerprint density at radius 2 is 1.80 bits per heavy atom. The van der Waals surface area contributed by atoms with Crippen molar-refractivity contribution in [3.05, 3.63) is 89.6 Å². The van der Waals surface area contributed by atoms with Gasteiger partial charge in [0, 0.05) is 18.2 Å². The molecule has 4 rings (SSSR count). The van der Waals surface area contributed by atoms with Crippen LogP contribution < -0.4 is 15.5 Å². The van der Waals surface area contributed by atoms with E-state index < -0.39 is 11.8 Å². The minimum Gasteiger partial charge on any atom is -0.463 e. The summed E-state index contributed by atoms with van der Waals surface area (Å²) >= 11 is 0. The van der Waals surface area contributed by atoms with Crippen LogP contribution in [0.15, 0.2) is 71.5 Å². The van der Waals surface area contributed by atoms with E-state index in [1.54, 1.807) is 24.6 Å². The van der Waals surface area contributed by atoms with Crippen LogP contribution >= 0.6 is 0 Å². The van der Waals surface area contributed by atoms with Crippen LogP contribution in [0, 0.1) is 0 Å². The van der Waals surface area contributed by atoms with E-state index in [1.807, 2.05) is 18.2 Å². The van der Waals surface area contributed by atoms with E-state index in [2.05, 4.69) is 39.9 Å². The van der Waals surface area contributed by atoms with Crippen LogP contribution in [-0.2, 0) is 29.1 Å². The maximum Gasteiger partial charge on any atom is 0.309 e. The average Bonchev–Trinajstić information content (AvgIpc) is 3.32. The zero-order valence-electron chi connectivity index (χ0n) is 16.6. The number of quaternary nitrogens is 1. The molecule has 2 atom stereocenters. The van der Waals surface area contributed by atoms with Crippen molar-refractivity contribution < 1.29 is 18.9 Å². The Labute approximate surface area is 175 Å². The number of benzene rings is 1. The highest BCUT2D eigenvalue weighted by Crippen LogP contribution is 2.15. The topological polar surface area (TPSA) is 88.7 Å². The Kier molecular flexibility index (Phi) is 6.20. The number of rotatable bonds is 6. The molecule has 1 aromatic carbocycles. The van der Waals surface area contributed by atoms with Crippen LogP contribution in [0.3, 0.4) is 0 Å². The number of hydrogen-bond donors (Lipinski definition) is 3. The third kappa shape index (κ3) is 4.75. The minimum atomic E-state index is -0.669. The molecule has 3 heterocycles. The van der Waals surface area contributed by atoms with Gasteiger partial charge in [0.1, 0.15) is 6.54 Å². The number of carbonyl (C=O) groups is 2. The van der Waals surface area contributed by atoms with Crippen molar-refractivity contribution >= 4 is 11.8 Å². The molecular weight excluding hydrogens is 380 g/mol. The third-order valence-corrected chi connectivity index (χ3v) is 5.46. The maximum atomic E-state index is 12.3. The Balaban J connectivity index is 1.37. The lowest BCUT2D eigenvalue weighted by Gasteiger charge is -2.31. The Morgan fingerprint density at radius 3 is 2.57 bits per heavy atom. The minimum absolute atomic E-state index is 0.0686. The number of nitrogens with one attached hydrogen (secondary N) is 3. The van der Waals surface area contributed by atoms with Gasteiger partial charge in [-0.15, -0.1) is 0 Å². The van der Waals surface area contributed by atoms with Gasteiger partial charge in [-0.3, -0.25) is 14.6 Å². The van der Waals surface area contributed by atoms with E-state index >= 15 is 0 Å². The van der Waals surface area contributed by atoms with E-state index in [0.29, 0.717) is 12.2 Å². The van der Waals surface area contributed by atoms with Gasteiger partial charge in [-0.2, -0.15) is 0 Å². The highest BCUT2D eigenvalue weighted by atomic mass is 16.3. The molecule has 0 saturated carbocycles. The summed E-state index contributed by atoms with van der Waals surface area (Å²) in [5.74, 6) is -0.518. The molecule has 154 valence electrons. The van der Waals surface area contributed by atoms with Crippen LogP contribution in [0.1, 0.15) is 28.6 Å². The number of fused-ring (bicyclic) bond motifs is 1. The number of aromatic nitrogens is 1. The fourth-order valence-corrected chi connectivity index (χ4v) is 3.86. The first-order chi connectivity index (χ1) is 14.7. The predicted molar refractivity (Wildman–Crippen MR) is 110 cm³/mol. The normalized spacial score (nSPS) is 16.3. The van der Waals surface area contributed by atoms with Gasteiger partial charge in [0.2, 0.25) is 0 Å². The van der Waals surface area contributed by atoms with E-state index in [1.165, 1.54) is 16.0 Å². The van der Waals surface area contributed by atoms with Crippen LogP contribution in [0.25, 0.3) is 0 Å². The lowest BCUT2D eigenvalue weighted by Crippen LogP contribution is -3.12. The SMILES string of the molecule is O=C(NCc1ccccn1)C(=O)NC[C@@H](c1ccco1)[NH+]1CCc2ccccc2C1. The second kappa shape index (κ2) is 9.37. The summed E-state index contributed by atoms with van der Waals surface area (Å²) in [6, 6.07) is 17.6. The van der Waals surface area contributed by atoms with E-state index in [-0.39, 0.29) is 12.6 Å². The molecule has 3 aromatic rings. The monoisotopic (exact) mass is 405 g/mol. The van der Waals surface area contributed by atoms with E-state index in [0.717, 1.165) is 25.3 Å². The molecule has 0 radical (unpaired) electrons. The van der Waals surface area contributed by atoms with Crippen LogP contribution in [-0.4, -0.2) is 29.9 Å². The first-order valence-corrected chi connectivity index (χ1v) is 10.1. The van der Waals surface area contributed by atoms with Crippen molar-refractivity contribution in [2.45, 2.75) is 25.6 Å². The van der Waals surface area contributed by atoms with Crippen LogP contribution in [0.2, 0.25) is 0 Å².